The van der Waals surface area contributed by atoms with Crippen LogP contribution in [0.1, 0.15) is 10.4 Å². The van der Waals surface area contributed by atoms with Gasteiger partial charge in [-0.15, -0.1) is 0 Å². The highest BCUT2D eigenvalue weighted by Crippen LogP contribution is 2.23. The smallest absolute Gasteiger partial charge is 0.258 e. The second kappa shape index (κ2) is 7.43. The van der Waals surface area contributed by atoms with E-state index in [0.29, 0.717) is 27.7 Å². The van der Waals surface area contributed by atoms with Gasteiger partial charge in [-0.25, -0.2) is 9.37 Å². The molecule has 6 nitrogen and oxygen atoms in total. The summed E-state index contributed by atoms with van der Waals surface area (Å²) in [6, 6.07) is 12.5. The molecule has 2 aromatic carbocycles. The Hall–Kier alpha value is -3.61. The maximum atomic E-state index is 12.5. The zero-order valence-electron chi connectivity index (χ0n) is 16.1. The molecule has 146 valence electrons. The number of carbonyl (C=O) groups excluding carboxylic acids is 1. The van der Waals surface area contributed by atoms with Crippen molar-refractivity contribution in [3.63, 3.8) is 0 Å². The second-order valence-electron chi connectivity index (χ2n) is 6.91. The minimum absolute atomic E-state index is 0.0408. The Morgan fingerprint density at radius 2 is 1.97 bits per heavy atom. The first kappa shape index (κ1) is 18.7. The van der Waals surface area contributed by atoms with Crippen LogP contribution in [0.15, 0.2) is 59.7 Å². The maximum absolute atomic E-state index is 12.5. The molecule has 4 aromatic rings. The summed E-state index contributed by atoms with van der Waals surface area (Å²) in [5.74, 6) is -0.265. The van der Waals surface area contributed by atoms with E-state index >= 15 is 0 Å². The Labute approximate surface area is 166 Å². The number of benzene rings is 2. The normalized spacial score (nSPS) is 11.1. The number of alkyl halides is 1. The highest BCUT2D eigenvalue weighted by molar-refractivity contribution is 5.97. The molecule has 2 aromatic heterocycles. The van der Waals surface area contributed by atoms with Gasteiger partial charge in [0.15, 0.2) is 0 Å². The molecule has 1 amide bonds. The number of aryl methyl sites for hydroxylation is 1. The summed E-state index contributed by atoms with van der Waals surface area (Å²) in [5.41, 5.74) is 3.08. The fourth-order valence-corrected chi connectivity index (χ4v) is 3.24. The van der Waals surface area contributed by atoms with Crippen LogP contribution in [0, 0.1) is 0 Å². The number of halogens is 1. The first-order valence-electron chi connectivity index (χ1n) is 9.16. The Bertz CT molecular complexity index is 1300. The van der Waals surface area contributed by atoms with Gasteiger partial charge in [0.25, 0.3) is 11.5 Å². The summed E-state index contributed by atoms with van der Waals surface area (Å²) in [6.07, 6.45) is 3.40. The van der Waals surface area contributed by atoms with Gasteiger partial charge in [0.1, 0.15) is 6.67 Å². The summed E-state index contributed by atoms with van der Waals surface area (Å²) in [6.45, 7) is -0.552. The molecule has 0 atom stereocenters. The number of amides is 1. The van der Waals surface area contributed by atoms with Gasteiger partial charge in [0, 0.05) is 43.4 Å². The fourth-order valence-electron chi connectivity index (χ4n) is 3.24. The Balaban J connectivity index is 1.76. The van der Waals surface area contributed by atoms with Crippen LogP contribution in [0.3, 0.4) is 0 Å². The van der Waals surface area contributed by atoms with Crippen LogP contribution in [0.4, 0.5) is 4.39 Å². The topological polar surface area (TPSA) is 68.1 Å². The molecule has 29 heavy (non-hydrogen) atoms. The number of fused-ring (bicyclic) bond motifs is 2. The summed E-state index contributed by atoms with van der Waals surface area (Å²) in [4.78, 5) is 35.1. The molecule has 2 heterocycles. The molecular weight excluding hydrogens is 371 g/mol. The van der Waals surface area contributed by atoms with E-state index in [1.807, 2.05) is 18.2 Å². The lowest BCUT2D eigenvalue weighted by Gasteiger charge is -2.15. The van der Waals surface area contributed by atoms with Crippen LogP contribution >= 0.6 is 0 Å². The quantitative estimate of drug-likeness (QED) is 0.537. The van der Waals surface area contributed by atoms with Crippen LogP contribution in [0.5, 0.6) is 0 Å². The zero-order valence-corrected chi connectivity index (χ0v) is 16.1. The number of rotatable bonds is 4. The van der Waals surface area contributed by atoms with Crippen molar-refractivity contribution in [3.05, 3.63) is 70.8 Å². The zero-order chi connectivity index (χ0) is 20.5. The van der Waals surface area contributed by atoms with E-state index in [1.165, 1.54) is 9.47 Å². The largest absolute Gasteiger partial charge is 0.339 e. The summed E-state index contributed by atoms with van der Waals surface area (Å²) in [7, 11) is 3.28. The van der Waals surface area contributed by atoms with E-state index in [9.17, 15) is 14.0 Å². The minimum atomic E-state index is -0.592. The Morgan fingerprint density at radius 1 is 1.14 bits per heavy atom. The van der Waals surface area contributed by atoms with Crippen molar-refractivity contribution in [2.75, 3.05) is 20.3 Å². The SMILES string of the molecule is CN(CCF)C(=O)c1ccc2ncc(-c3ccc4c(=O)n(C)ccc4c3)nc2c1. The van der Waals surface area contributed by atoms with Gasteiger partial charge < -0.3 is 9.47 Å². The molecule has 0 N–H and O–H groups in total. The van der Waals surface area contributed by atoms with E-state index in [0.717, 1.165) is 10.9 Å². The lowest BCUT2D eigenvalue weighted by atomic mass is 10.1. The van der Waals surface area contributed by atoms with Crippen molar-refractivity contribution in [1.82, 2.24) is 19.4 Å². The molecule has 0 unspecified atom stereocenters. The van der Waals surface area contributed by atoms with Crippen LogP contribution in [-0.4, -0.2) is 45.6 Å². The maximum Gasteiger partial charge on any atom is 0.258 e. The number of carbonyl (C=O) groups is 1. The van der Waals surface area contributed by atoms with E-state index in [2.05, 4.69) is 9.97 Å². The number of aromatic nitrogens is 3. The molecular formula is C22H19FN4O2. The standard InChI is InChI=1S/C22H19FN4O2/c1-26-9-7-14-11-15(3-5-17(14)22(26)29)20-13-24-18-6-4-16(12-19(18)25-20)21(28)27(2)10-8-23/h3-7,9,11-13H,8,10H2,1-2H3. The van der Waals surface area contributed by atoms with Gasteiger partial charge in [0.05, 0.1) is 22.9 Å². The average Bonchev–Trinajstić information content (AvgIpc) is 2.75. The highest BCUT2D eigenvalue weighted by Gasteiger charge is 2.13. The van der Waals surface area contributed by atoms with E-state index in [-0.39, 0.29) is 18.0 Å². The number of hydrogen-bond acceptors (Lipinski definition) is 4. The number of hydrogen-bond donors (Lipinski definition) is 0. The van der Waals surface area contributed by atoms with E-state index < -0.39 is 6.67 Å². The van der Waals surface area contributed by atoms with Crippen molar-refractivity contribution < 1.29 is 9.18 Å². The predicted octanol–water partition coefficient (Wildman–Crippen LogP) is 3.19. The Morgan fingerprint density at radius 3 is 2.76 bits per heavy atom. The molecule has 0 saturated heterocycles. The van der Waals surface area contributed by atoms with Crippen LogP contribution in [0.25, 0.3) is 33.1 Å². The minimum Gasteiger partial charge on any atom is -0.339 e. The van der Waals surface area contributed by atoms with Gasteiger partial charge >= 0.3 is 0 Å². The molecule has 0 spiro atoms. The molecule has 0 aliphatic carbocycles. The molecule has 0 aliphatic heterocycles. The molecule has 4 rings (SSSR count). The van der Waals surface area contributed by atoms with Crippen molar-refractivity contribution in [2.45, 2.75) is 0 Å². The first-order valence-corrected chi connectivity index (χ1v) is 9.16. The fraction of sp³-hybridized carbons (Fsp3) is 0.182. The first-order chi connectivity index (χ1) is 14.0. The average molecular weight is 390 g/mol. The van der Waals surface area contributed by atoms with Crippen molar-refractivity contribution >= 4 is 27.7 Å². The highest BCUT2D eigenvalue weighted by atomic mass is 19.1. The summed E-state index contributed by atoms with van der Waals surface area (Å²) in [5, 5.41) is 1.46. The van der Waals surface area contributed by atoms with Crippen molar-refractivity contribution in [2.24, 2.45) is 7.05 Å². The lowest BCUT2D eigenvalue weighted by molar-refractivity contribution is 0.0786. The molecule has 0 fully saturated rings. The van der Waals surface area contributed by atoms with E-state index in [1.54, 1.807) is 50.8 Å². The Kier molecular flexibility index (Phi) is 4.80. The number of pyridine rings is 1. The van der Waals surface area contributed by atoms with Gasteiger partial charge in [-0.2, -0.15) is 0 Å². The molecule has 0 bridgehead atoms. The monoisotopic (exact) mass is 390 g/mol. The van der Waals surface area contributed by atoms with Crippen LogP contribution < -0.4 is 5.56 Å². The third-order valence-corrected chi connectivity index (χ3v) is 4.93. The molecule has 0 radical (unpaired) electrons. The molecule has 0 aliphatic rings. The van der Waals surface area contributed by atoms with Crippen molar-refractivity contribution in [3.8, 4) is 11.3 Å². The third kappa shape index (κ3) is 3.47. The van der Waals surface area contributed by atoms with Gasteiger partial charge in [-0.3, -0.25) is 14.6 Å². The van der Waals surface area contributed by atoms with Crippen LogP contribution in [0.2, 0.25) is 0 Å². The number of nitrogens with zero attached hydrogens (tertiary/aromatic N) is 4. The molecule has 0 saturated carbocycles. The third-order valence-electron chi connectivity index (χ3n) is 4.93. The summed E-state index contributed by atoms with van der Waals surface area (Å²) < 4.78 is 14.1. The second-order valence-corrected chi connectivity index (χ2v) is 6.91. The predicted molar refractivity (Wildman–Crippen MR) is 111 cm³/mol. The van der Waals surface area contributed by atoms with Crippen molar-refractivity contribution in [1.29, 1.82) is 0 Å². The van der Waals surface area contributed by atoms with Crippen LogP contribution in [-0.2, 0) is 7.05 Å². The van der Waals surface area contributed by atoms with Gasteiger partial charge in [-0.1, -0.05) is 6.07 Å². The molecule has 7 heteroatoms. The van der Waals surface area contributed by atoms with Gasteiger partial charge in [0.2, 0.25) is 0 Å². The summed E-state index contributed by atoms with van der Waals surface area (Å²) >= 11 is 0. The van der Waals surface area contributed by atoms with E-state index in [4.69, 9.17) is 0 Å². The lowest BCUT2D eigenvalue weighted by Crippen LogP contribution is -2.28. The van der Waals surface area contributed by atoms with Gasteiger partial charge in [-0.05, 0) is 41.8 Å².